The Bertz CT molecular complexity index is 1240. The van der Waals surface area contributed by atoms with E-state index in [1.165, 1.54) is 23.9 Å². The van der Waals surface area contributed by atoms with Crippen LogP contribution in [-0.2, 0) is 6.18 Å². The van der Waals surface area contributed by atoms with Crippen molar-refractivity contribution in [1.29, 1.82) is 0 Å². The van der Waals surface area contributed by atoms with Gasteiger partial charge in [-0.15, -0.1) is 11.8 Å². The van der Waals surface area contributed by atoms with Crippen molar-refractivity contribution < 1.29 is 28.1 Å². The molecular weight excluding hydrogens is 537 g/mol. The summed E-state index contributed by atoms with van der Waals surface area (Å²) < 4.78 is 45.1. The van der Waals surface area contributed by atoms with Crippen molar-refractivity contribution in [1.82, 2.24) is 9.88 Å². The number of thioether (sulfide) groups is 1. The molecule has 0 radical (unpaired) electrons. The van der Waals surface area contributed by atoms with Gasteiger partial charge in [-0.05, 0) is 74.5 Å². The summed E-state index contributed by atoms with van der Waals surface area (Å²) in [6, 6.07) is 11.1. The second-order valence-corrected chi connectivity index (χ2v) is 11.3. The summed E-state index contributed by atoms with van der Waals surface area (Å²) in [7, 11) is 1.58. The zero-order valence-corrected chi connectivity index (χ0v) is 22.7. The molecule has 1 saturated heterocycles. The Balaban J connectivity index is 1.33. The normalized spacial score (nSPS) is 17.0. The highest BCUT2D eigenvalue weighted by molar-refractivity contribution is 7.99. The summed E-state index contributed by atoms with van der Waals surface area (Å²) in [5, 5.41) is 22.5. The van der Waals surface area contributed by atoms with E-state index in [1.807, 2.05) is 18.2 Å². The molecular formula is C28H32ClF3N2O3S. The number of hydrogen-bond donors (Lipinski definition) is 2. The number of piperidine rings is 1. The summed E-state index contributed by atoms with van der Waals surface area (Å²) in [5.74, 6) is 1.20. The van der Waals surface area contributed by atoms with Gasteiger partial charge in [-0.3, -0.25) is 4.98 Å². The van der Waals surface area contributed by atoms with Crippen LogP contribution in [0.2, 0.25) is 5.02 Å². The molecule has 1 aromatic heterocycles. The molecule has 4 rings (SSSR count). The number of rotatable bonds is 10. The maximum atomic E-state index is 13.2. The first kappa shape index (κ1) is 29.0. The molecule has 206 valence electrons. The van der Waals surface area contributed by atoms with Crippen LogP contribution < -0.4 is 4.74 Å². The van der Waals surface area contributed by atoms with Gasteiger partial charge in [0.25, 0.3) is 0 Å². The van der Waals surface area contributed by atoms with Crippen molar-refractivity contribution in [3.63, 3.8) is 0 Å². The first-order valence-electron chi connectivity index (χ1n) is 12.6. The molecule has 1 unspecified atom stereocenters. The second-order valence-electron chi connectivity index (χ2n) is 9.80. The van der Waals surface area contributed by atoms with Gasteiger partial charge in [-0.25, -0.2) is 0 Å². The van der Waals surface area contributed by atoms with Gasteiger partial charge in [-0.2, -0.15) is 13.2 Å². The lowest BCUT2D eigenvalue weighted by Gasteiger charge is -2.41. The summed E-state index contributed by atoms with van der Waals surface area (Å²) in [5.41, 5.74) is 0.407. The average Bonchev–Trinajstić information content (AvgIpc) is 2.92. The van der Waals surface area contributed by atoms with E-state index in [2.05, 4.69) is 9.88 Å². The summed E-state index contributed by atoms with van der Waals surface area (Å²) in [6.07, 6.45) is -1.10. The van der Waals surface area contributed by atoms with Gasteiger partial charge in [0.1, 0.15) is 5.75 Å². The number of halogens is 4. The molecule has 10 heteroatoms. The van der Waals surface area contributed by atoms with E-state index in [-0.39, 0.29) is 16.9 Å². The standard InChI is InChI=1S/C28H32ClF3N2O3S/c1-37-19-6-7-23-20(16-19)26(22(29)17-33-23)24(36)8-9-27(18-35)10-12-34(13-11-27)14-15-38-25-5-3-2-4-21(25)28(30,31)32/h2-7,16-17,24,35-36H,8-15,18H2,1H3. The molecule has 0 amide bonds. The molecule has 38 heavy (non-hydrogen) atoms. The zero-order valence-electron chi connectivity index (χ0n) is 21.2. The van der Waals surface area contributed by atoms with Crippen LogP contribution in [0, 0.1) is 5.41 Å². The molecule has 0 saturated carbocycles. The molecule has 0 bridgehead atoms. The summed E-state index contributed by atoms with van der Waals surface area (Å²) in [4.78, 5) is 6.82. The minimum Gasteiger partial charge on any atom is -0.497 e. The van der Waals surface area contributed by atoms with Crippen LogP contribution in [0.3, 0.4) is 0 Å². The first-order chi connectivity index (χ1) is 18.2. The molecule has 1 fully saturated rings. The van der Waals surface area contributed by atoms with Crippen LogP contribution in [0.5, 0.6) is 5.75 Å². The van der Waals surface area contributed by atoms with Crippen LogP contribution in [0.15, 0.2) is 53.6 Å². The highest BCUT2D eigenvalue weighted by Crippen LogP contribution is 2.41. The largest absolute Gasteiger partial charge is 0.497 e. The molecule has 0 aliphatic carbocycles. The maximum Gasteiger partial charge on any atom is 0.417 e. The topological polar surface area (TPSA) is 65.8 Å². The Morgan fingerprint density at radius 3 is 2.61 bits per heavy atom. The number of hydrogen-bond acceptors (Lipinski definition) is 6. The number of fused-ring (bicyclic) bond motifs is 1. The fraction of sp³-hybridized carbons (Fsp3) is 0.464. The number of aromatic nitrogens is 1. The van der Waals surface area contributed by atoms with E-state index in [0.29, 0.717) is 47.0 Å². The Morgan fingerprint density at radius 1 is 1.18 bits per heavy atom. The van der Waals surface area contributed by atoms with Crippen molar-refractivity contribution >= 4 is 34.3 Å². The number of methoxy groups -OCH3 is 1. The van der Waals surface area contributed by atoms with E-state index in [9.17, 15) is 23.4 Å². The van der Waals surface area contributed by atoms with Gasteiger partial charge in [0.15, 0.2) is 0 Å². The summed E-state index contributed by atoms with van der Waals surface area (Å²) >= 11 is 7.67. The first-order valence-corrected chi connectivity index (χ1v) is 13.9. The predicted octanol–water partition coefficient (Wildman–Crippen LogP) is 6.60. The SMILES string of the molecule is COc1ccc2ncc(Cl)c(C(O)CCC3(CO)CCN(CCSc4ccccc4C(F)(F)F)CC3)c2c1. The lowest BCUT2D eigenvalue weighted by atomic mass is 9.74. The van der Waals surface area contributed by atoms with Crippen molar-refractivity contribution in [3.05, 3.63) is 64.8 Å². The number of nitrogens with zero attached hydrogens (tertiary/aromatic N) is 2. The molecule has 2 heterocycles. The van der Waals surface area contributed by atoms with Gasteiger partial charge >= 0.3 is 6.18 Å². The Labute approximate surface area is 230 Å². The van der Waals surface area contributed by atoms with Crippen LogP contribution in [0.4, 0.5) is 13.2 Å². The predicted molar refractivity (Wildman–Crippen MR) is 145 cm³/mol. The second kappa shape index (κ2) is 12.4. The monoisotopic (exact) mass is 568 g/mol. The number of benzene rings is 2. The van der Waals surface area contributed by atoms with Crippen LogP contribution >= 0.6 is 23.4 Å². The maximum absolute atomic E-state index is 13.2. The number of likely N-dealkylation sites (tertiary alicyclic amines) is 1. The van der Waals surface area contributed by atoms with E-state index < -0.39 is 17.8 Å². The van der Waals surface area contributed by atoms with Crippen molar-refractivity contribution in [3.8, 4) is 5.75 Å². The molecule has 2 aromatic carbocycles. The number of aliphatic hydroxyl groups is 2. The van der Waals surface area contributed by atoms with Gasteiger partial charge in [0.05, 0.1) is 29.3 Å². The molecule has 2 N–H and O–H groups in total. The lowest BCUT2D eigenvalue weighted by molar-refractivity contribution is -0.139. The summed E-state index contributed by atoms with van der Waals surface area (Å²) in [6.45, 7) is 2.17. The van der Waals surface area contributed by atoms with E-state index in [1.54, 1.807) is 19.4 Å². The Hall–Kier alpha value is -2.04. The zero-order chi connectivity index (χ0) is 27.3. The molecule has 0 spiro atoms. The smallest absolute Gasteiger partial charge is 0.417 e. The van der Waals surface area contributed by atoms with Gasteiger partial charge in [0, 0.05) is 40.9 Å². The highest BCUT2D eigenvalue weighted by atomic mass is 35.5. The average molecular weight is 569 g/mol. The van der Waals surface area contributed by atoms with Crippen LogP contribution in [0.1, 0.15) is 42.9 Å². The van der Waals surface area contributed by atoms with E-state index in [4.69, 9.17) is 16.3 Å². The number of aliphatic hydroxyl groups excluding tert-OH is 2. The number of alkyl halides is 3. The molecule has 1 atom stereocenters. The molecule has 5 nitrogen and oxygen atoms in total. The van der Waals surface area contributed by atoms with Crippen LogP contribution in [0.25, 0.3) is 10.9 Å². The number of pyridine rings is 1. The fourth-order valence-electron chi connectivity index (χ4n) is 5.07. The number of ether oxygens (including phenoxy) is 1. The Kier molecular flexibility index (Phi) is 9.47. The third-order valence-corrected chi connectivity index (χ3v) is 8.81. The van der Waals surface area contributed by atoms with Crippen molar-refractivity contribution in [2.24, 2.45) is 5.41 Å². The highest BCUT2D eigenvalue weighted by Gasteiger charge is 2.35. The van der Waals surface area contributed by atoms with Crippen molar-refractivity contribution in [2.45, 2.75) is 42.9 Å². The third kappa shape index (κ3) is 6.74. The minimum absolute atomic E-state index is 0.0138. The molecule has 1 aliphatic heterocycles. The molecule has 3 aromatic rings. The lowest BCUT2D eigenvalue weighted by Crippen LogP contribution is -2.43. The van der Waals surface area contributed by atoms with Crippen LogP contribution in [-0.4, -0.2) is 59.2 Å². The fourth-order valence-corrected chi connectivity index (χ4v) is 6.43. The van der Waals surface area contributed by atoms with Gasteiger partial charge in [0.2, 0.25) is 0 Å². The third-order valence-electron chi connectivity index (χ3n) is 7.46. The minimum atomic E-state index is -4.36. The molecule has 1 aliphatic rings. The quantitative estimate of drug-likeness (QED) is 0.269. The van der Waals surface area contributed by atoms with E-state index in [0.717, 1.165) is 37.4 Å². The van der Waals surface area contributed by atoms with E-state index >= 15 is 0 Å². The van der Waals surface area contributed by atoms with Gasteiger partial charge in [-0.1, -0.05) is 23.7 Å². The Morgan fingerprint density at radius 2 is 1.92 bits per heavy atom. The van der Waals surface area contributed by atoms with Crippen molar-refractivity contribution in [2.75, 3.05) is 39.1 Å². The van der Waals surface area contributed by atoms with Gasteiger partial charge < -0.3 is 19.8 Å².